The number of fused-ring (bicyclic) bond motifs is 1. The zero-order valence-electron chi connectivity index (χ0n) is 19.4. The molecule has 2 fully saturated rings. The second-order valence-electron chi connectivity index (χ2n) is 9.31. The van der Waals surface area contributed by atoms with Crippen LogP contribution in [0.15, 0.2) is 42.5 Å². The Bertz CT molecular complexity index is 1130. The third-order valence-electron chi connectivity index (χ3n) is 7.12. The minimum atomic E-state index is -4.62. The number of nitriles is 1. The van der Waals surface area contributed by atoms with Crippen molar-refractivity contribution in [1.29, 1.82) is 5.26 Å². The van der Waals surface area contributed by atoms with Crippen molar-refractivity contribution in [2.45, 2.75) is 25.9 Å². The Labute approximate surface area is 201 Å². The zero-order chi connectivity index (χ0) is 25.2. The number of amides is 1. The molecule has 35 heavy (non-hydrogen) atoms. The number of hydrogen-bond donors (Lipinski definition) is 0. The summed E-state index contributed by atoms with van der Waals surface area (Å²) >= 11 is 0. The van der Waals surface area contributed by atoms with E-state index in [2.05, 4.69) is 0 Å². The first kappa shape index (κ1) is 25.0. The molecule has 2 atom stereocenters. The van der Waals surface area contributed by atoms with Crippen molar-refractivity contribution in [1.82, 2.24) is 4.90 Å². The number of anilines is 1. The number of piperidine rings is 1. The Morgan fingerprint density at radius 2 is 2.03 bits per heavy atom. The number of carbonyl (C=O) groups excluding carboxylic acids is 1. The van der Waals surface area contributed by atoms with Crippen LogP contribution in [0.25, 0.3) is 0 Å². The summed E-state index contributed by atoms with van der Waals surface area (Å²) in [6.07, 6.45) is -3.88. The molecule has 0 unspecified atom stereocenters. The summed E-state index contributed by atoms with van der Waals surface area (Å²) in [5.41, 5.74) is -0.627. The molecule has 9 heteroatoms. The van der Waals surface area contributed by atoms with Crippen LogP contribution in [0.4, 0.5) is 23.2 Å². The standard InChI is InChI=1S/C26H27F4N3O2/c1-2-35-17-25-8-9-32(22-7-6-19(13-31)23(12-22)26(28,29)30)14-20(25)15-33(16-25)24(34)11-18-4-3-5-21(27)10-18/h3-7,10,12,20H,2,8-9,11,14-17H2,1H3/t20-,25+/m1/s1. The normalized spacial score (nSPS) is 22.1. The van der Waals surface area contributed by atoms with E-state index >= 15 is 0 Å². The predicted molar refractivity (Wildman–Crippen MR) is 122 cm³/mol. The van der Waals surface area contributed by atoms with Gasteiger partial charge in [-0.3, -0.25) is 4.79 Å². The van der Waals surface area contributed by atoms with Gasteiger partial charge in [-0.1, -0.05) is 12.1 Å². The van der Waals surface area contributed by atoms with Crippen LogP contribution in [-0.2, 0) is 22.1 Å². The van der Waals surface area contributed by atoms with Gasteiger partial charge in [0, 0.05) is 49.8 Å². The van der Waals surface area contributed by atoms with Crippen LogP contribution in [0.5, 0.6) is 0 Å². The van der Waals surface area contributed by atoms with Crippen LogP contribution in [0.1, 0.15) is 30.0 Å². The van der Waals surface area contributed by atoms with Gasteiger partial charge in [-0.25, -0.2) is 4.39 Å². The second-order valence-corrected chi connectivity index (χ2v) is 9.31. The van der Waals surface area contributed by atoms with Gasteiger partial charge < -0.3 is 14.5 Å². The molecule has 5 nitrogen and oxygen atoms in total. The van der Waals surface area contributed by atoms with Gasteiger partial charge in [-0.05, 0) is 49.2 Å². The van der Waals surface area contributed by atoms with E-state index < -0.39 is 23.1 Å². The van der Waals surface area contributed by atoms with Crippen molar-refractivity contribution in [3.8, 4) is 6.07 Å². The quantitative estimate of drug-likeness (QED) is 0.555. The Morgan fingerprint density at radius 3 is 2.71 bits per heavy atom. The van der Waals surface area contributed by atoms with Gasteiger partial charge in [0.1, 0.15) is 5.82 Å². The summed E-state index contributed by atoms with van der Waals surface area (Å²) in [6.45, 7) is 4.84. The lowest BCUT2D eigenvalue weighted by Crippen LogP contribution is -2.49. The summed E-state index contributed by atoms with van der Waals surface area (Å²) in [6, 6.07) is 11.4. The van der Waals surface area contributed by atoms with E-state index in [1.165, 1.54) is 18.2 Å². The fourth-order valence-electron chi connectivity index (χ4n) is 5.24. The van der Waals surface area contributed by atoms with Crippen molar-refractivity contribution in [3.05, 3.63) is 65.0 Å². The van der Waals surface area contributed by atoms with Crippen molar-refractivity contribution in [2.24, 2.45) is 11.3 Å². The molecule has 0 aliphatic carbocycles. The fourth-order valence-corrected chi connectivity index (χ4v) is 5.24. The summed E-state index contributed by atoms with van der Waals surface area (Å²) in [4.78, 5) is 16.7. The van der Waals surface area contributed by atoms with Gasteiger partial charge in [-0.2, -0.15) is 18.4 Å². The van der Waals surface area contributed by atoms with Crippen LogP contribution in [0, 0.1) is 28.5 Å². The topological polar surface area (TPSA) is 56.6 Å². The number of hydrogen-bond acceptors (Lipinski definition) is 4. The molecule has 2 saturated heterocycles. The summed E-state index contributed by atoms with van der Waals surface area (Å²) in [7, 11) is 0. The maximum atomic E-state index is 13.6. The van der Waals surface area contributed by atoms with Crippen LogP contribution in [0.3, 0.4) is 0 Å². The molecule has 2 heterocycles. The van der Waals surface area contributed by atoms with E-state index in [0.717, 1.165) is 6.07 Å². The third-order valence-corrected chi connectivity index (χ3v) is 7.12. The average Bonchev–Trinajstić information content (AvgIpc) is 3.21. The molecular weight excluding hydrogens is 462 g/mol. The van der Waals surface area contributed by atoms with Gasteiger partial charge in [0.2, 0.25) is 5.91 Å². The average molecular weight is 490 g/mol. The van der Waals surface area contributed by atoms with Crippen LogP contribution in [0.2, 0.25) is 0 Å². The maximum absolute atomic E-state index is 13.6. The third kappa shape index (κ3) is 5.27. The zero-order valence-corrected chi connectivity index (χ0v) is 19.4. The lowest BCUT2D eigenvalue weighted by Gasteiger charge is -2.44. The lowest BCUT2D eigenvalue weighted by molar-refractivity contribution is -0.137. The molecule has 0 spiro atoms. The van der Waals surface area contributed by atoms with Gasteiger partial charge in [-0.15, -0.1) is 0 Å². The molecule has 0 N–H and O–H groups in total. The number of benzene rings is 2. The largest absolute Gasteiger partial charge is 0.417 e. The molecule has 2 aliphatic heterocycles. The highest BCUT2D eigenvalue weighted by Gasteiger charge is 2.51. The summed E-state index contributed by atoms with van der Waals surface area (Å²) in [5, 5.41) is 9.09. The Hall–Kier alpha value is -3.12. The van der Waals surface area contributed by atoms with Crippen LogP contribution >= 0.6 is 0 Å². The van der Waals surface area contributed by atoms with Gasteiger partial charge in [0.25, 0.3) is 0 Å². The minimum Gasteiger partial charge on any atom is -0.381 e. The number of alkyl halides is 3. The Morgan fingerprint density at radius 1 is 1.23 bits per heavy atom. The number of halogens is 4. The van der Waals surface area contributed by atoms with E-state index in [0.29, 0.717) is 57.1 Å². The predicted octanol–water partition coefficient (Wildman–Crippen LogP) is 4.65. The van der Waals surface area contributed by atoms with Gasteiger partial charge >= 0.3 is 6.18 Å². The first-order valence-corrected chi connectivity index (χ1v) is 11.6. The monoisotopic (exact) mass is 489 g/mol. The molecule has 2 aromatic carbocycles. The van der Waals surface area contributed by atoms with Crippen molar-refractivity contribution in [2.75, 3.05) is 44.3 Å². The SMILES string of the molecule is CCOC[C@@]12CCN(c3ccc(C#N)c(C(F)(F)F)c3)C[C@@H]1CN(C(=O)Cc1cccc(F)c1)C2. The molecule has 0 bridgehead atoms. The molecule has 2 aromatic rings. The lowest BCUT2D eigenvalue weighted by atomic mass is 9.73. The van der Waals surface area contributed by atoms with E-state index in [-0.39, 0.29) is 23.7 Å². The molecule has 0 saturated carbocycles. The number of likely N-dealkylation sites (tertiary alicyclic amines) is 1. The second kappa shape index (κ2) is 9.86. The Balaban J connectivity index is 1.54. The molecule has 0 radical (unpaired) electrons. The van der Waals surface area contributed by atoms with Crippen molar-refractivity contribution >= 4 is 11.6 Å². The first-order valence-electron chi connectivity index (χ1n) is 11.6. The fraction of sp³-hybridized carbons (Fsp3) is 0.462. The van der Waals surface area contributed by atoms with Crippen molar-refractivity contribution in [3.63, 3.8) is 0 Å². The number of ether oxygens (including phenoxy) is 1. The Kier molecular flexibility index (Phi) is 7.04. The minimum absolute atomic E-state index is 0.00393. The molecule has 0 aromatic heterocycles. The van der Waals surface area contributed by atoms with E-state index in [1.807, 2.05) is 11.8 Å². The number of rotatable bonds is 6. The summed E-state index contributed by atoms with van der Waals surface area (Å²) < 4.78 is 59.8. The van der Waals surface area contributed by atoms with E-state index in [1.54, 1.807) is 29.2 Å². The van der Waals surface area contributed by atoms with Gasteiger partial charge in [0.05, 0.1) is 30.2 Å². The molecule has 186 valence electrons. The number of carbonyl (C=O) groups is 1. The smallest absolute Gasteiger partial charge is 0.381 e. The highest BCUT2D eigenvalue weighted by molar-refractivity contribution is 5.79. The maximum Gasteiger partial charge on any atom is 0.417 e. The molecular formula is C26H27F4N3O2. The van der Waals surface area contributed by atoms with Gasteiger partial charge in [0.15, 0.2) is 0 Å². The van der Waals surface area contributed by atoms with Crippen LogP contribution in [-0.4, -0.2) is 50.2 Å². The first-order chi connectivity index (χ1) is 16.6. The summed E-state index contributed by atoms with van der Waals surface area (Å²) in [5.74, 6) is -0.496. The van der Waals surface area contributed by atoms with E-state index in [4.69, 9.17) is 10.00 Å². The van der Waals surface area contributed by atoms with E-state index in [9.17, 15) is 22.4 Å². The molecule has 1 amide bonds. The molecule has 4 rings (SSSR count). The van der Waals surface area contributed by atoms with Crippen LogP contribution < -0.4 is 4.90 Å². The highest BCUT2D eigenvalue weighted by Crippen LogP contribution is 2.45. The molecule has 2 aliphatic rings. The highest BCUT2D eigenvalue weighted by atomic mass is 19.4. The number of nitrogens with zero attached hydrogens (tertiary/aromatic N) is 3. The van der Waals surface area contributed by atoms with Crippen molar-refractivity contribution < 1.29 is 27.1 Å².